The van der Waals surface area contributed by atoms with E-state index in [1.165, 1.54) is 17.5 Å². The highest BCUT2D eigenvalue weighted by atomic mass is 16.2. The molecular formula is C23H25N5O. The van der Waals surface area contributed by atoms with Gasteiger partial charge in [0.05, 0.1) is 11.3 Å². The lowest BCUT2D eigenvalue weighted by molar-refractivity contribution is 0.0553. The molecule has 0 radical (unpaired) electrons. The predicted octanol–water partition coefficient (Wildman–Crippen LogP) is 2.58. The van der Waals surface area contributed by atoms with Crippen molar-refractivity contribution in [2.75, 3.05) is 26.2 Å². The monoisotopic (exact) mass is 387 g/mol. The third-order valence-electron chi connectivity index (χ3n) is 6.27. The van der Waals surface area contributed by atoms with Gasteiger partial charge in [-0.05, 0) is 42.5 Å². The van der Waals surface area contributed by atoms with Crippen LogP contribution in [0.4, 0.5) is 0 Å². The molecule has 3 aromatic rings. The van der Waals surface area contributed by atoms with Crippen LogP contribution in [0.25, 0.3) is 5.69 Å². The molecule has 5 rings (SSSR count). The number of para-hydroxylation sites is 1. The van der Waals surface area contributed by atoms with E-state index in [-0.39, 0.29) is 5.91 Å². The van der Waals surface area contributed by atoms with Gasteiger partial charge in [-0.25, -0.2) is 0 Å². The topological polar surface area (TPSA) is 54.3 Å². The summed E-state index contributed by atoms with van der Waals surface area (Å²) in [6, 6.07) is 17.1. The summed E-state index contributed by atoms with van der Waals surface area (Å²) in [5.41, 5.74) is 4.52. The summed E-state index contributed by atoms with van der Waals surface area (Å²) < 4.78 is 1.79. The van der Waals surface area contributed by atoms with E-state index < -0.39 is 0 Å². The molecule has 0 spiro atoms. The van der Waals surface area contributed by atoms with Gasteiger partial charge < -0.3 is 4.90 Å². The summed E-state index contributed by atoms with van der Waals surface area (Å²) in [5.74, 6) is 0.0861. The van der Waals surface area contributed by atoms with Crippen LogP contribution in [-0.2, 0) is 12.8 Å². The fourth-order valence-electron chi connectivity index (χ4n) is 4.66. The Labute approximate surface area is 170 Å². The molecule has 1 aromatic heterocycles. The van der Waals surface area contributed by atoms with Crippen molar-refractivity contribution >= 4 is 5.91 Å². The average molecular weight is 387 g/mol. The summed E-state index contributed by atoms with van der Waals surface area (Å²) in [7, 11) is 0. The van der Waals surface area contributed by atoms with Crippen molar-refractivity contribution in [2.24, 2.45) is 0 Å². The summed E-state index contributed by atoms with van der Waals surface area (Å²) in [4.78, 5) is 17.8. The maximum Gasteiger partial charge on any atom is 0.256 e. The van der Waals surface area contributed by atoms with E-state index in [1.54, 1.807) is 17.2 Å². The molecule has 0 saturated carbocycles. The highest BCUT2D eigenvalue weighted by molar-refractivity contribution is 5.97. The lowest BCUT2D eigenvalue weighted by Crippen LogP contribution is -2.53. The Morgan fingerprint density at radius 1 is 0.862 bits per heavy atom. The largest absolute Gasteiger partial charge is 0.336 e. The van der Waals surface area contributed by atoms with Crippen molar-refractivity contribution < 1.29 is 4.79 Å². The number of hydrogen-bond acceptors (Lipinski definition) is 4. The van der Waals surface area contributed by atoms with Crippen molar-refractivity contribution in [1.82, 2.24) is 24.6 Å². The minimum Gasteiger partial charge on any atom is -0.336 e. The van der Waals surface area contributed by atoms with Crippen LogP contribution in [0.1, 0.15) is 27.9 Å². The zero-order valence-electron chi connectivity index (χ0n) is 16.4. The van der Waals surface area contributed by atoms with Gasteiger partial charge in [0.1, 0.15) is 12.7 Å². The van der Waals surface area contributed by atoms with Gasteiger partial charge in [0.15, 0.2) is 0 Å². The van der Waals surface area contributed by atoms with Crippen molar-refractivity contribution in [3.63, 3.8) is 0 Å². The second-order valence-electron chi connectivity index (χ2n) is 7.88. The first-order valence-electron chi connectivity index (χ1n) is 10.3. The zero-order valence-corrected chi connectivity index (χ0v) is 16.4. The highest BCUT2D eigenvalue weighted by Crippen LogP contribution is 2.25. The van der Waals surface area contributed by atoms with E-state index in [2.05, 4.69) is 39.4 Å². The van der Waals surface area contributed by atoms with Gasteiger partial charge in [0, 0.05) is 32.2 Å². The summed E-state index contributed by atoms with van der Waals surface area (Å²) in [5, 5.41) is 7.74. The van der Waals surface area contributed by atoms with E-state index >= 15 is 0 Å². The second-order valence-corrected chi connectivity index (χ2v) is 7.88. The van der Waals surface area contributed by atoms with E-state index in [4.69, 9.17) is 0 Å². The molecule has 1 saturated heterocycles. The molecule has 2 heterocycles. The van der Waals surface area contributed by atoms with Crippen molar-refractivity contribution in [3.05, 3.63) is 77.9 Å². The minimum atomic E-state index is 0.0861. The molecule has 2 aromatic carbocycles. The number of aromatic nitrogens is 3. The Morgan fingerprint density at radius 3 is 2.34 bits per heavy atom. The van der Waals surface area contributed by atoms with Gasteiger partial charge in [-0.1, -0.05) is 36.4 Å². The number of amides is 1. The Kier molecular flexibility index (Phi) is 4.86. The van der Waals surface area contributed by atoms with Crippen LogP contribution in [0.5, 0.6) is 0 Å². The molecule has 1 aliphatic heterocycles. The average Bonchev–Trinajstić information content (AvgIpc) is 3.33. The second kappa shape index (κ2) is 7.79. The number of nitrogens with zero attached hydrogens (tertiary/aromatic N) is 5. The lowest BCUT2D eigenvalue weighted by Gasteiger charge is -2.41. The fourth-order valence-corrected chi connectivity index (χ4v) is 4.66. The number of hydrogen-bond donors (Lipinski definition) is 0. The van der Waals surface area contributed by atoms with Crippen LogP contribution < -0.4 is 0 Å². The van der Waals surface area contributed by atoms with Gasteiger partial charge in [-0.2, -0.15) is 0 Å². The number of fused-ring (bicyclic) bond motifs is 1. The van der Waals surface area contributed by atoms with Crippen LogP contribution in [0, 0.1) is 0 Å². The van der Waals surface area contributed by atoms with Gasteiger partial charge in [0.2, 0.25) is 0 Å². The number of benzene rings is 2. The van der Waals surface area contributed by atoms with Gasteiger partial charge in [0.25, 0.3) is 5.91 Å². The molecule has 1 atom stereocenters. The van der Waals surface area contributed by atoms with Crippen molar-refractivity contribution in [2.45, 2.75) is 25.3 Å². The molecule has 1 fully saturated rings. The quantitative estimate of drug-likeness (QED) is 0.693. The summed E-state index contributed by atoms with van der Waals surface area (Å²) >= 11 is 0. The normalized spacial score (nSPS) is 19.7. The number of carbonyl (C=O) groups excluding carboxylic acids is 1. The Bertz CT molecular complexity index is 992. The Morgan fingerprint density at radius 2 is 1.55 bits per heavy atom. The van der Waals surface area contributed by atoms with E-state index in [0.29, 0.717) is 11.6 Å². The van der Waals surface area contributed by atoms with Crippen LogP contribution >= 0.6 is 0 Å². The first-order valence-corrected chi connectivity index (χ1v) is 10.3. The molecule has 0 bridgehead atoms. The third-order valence-corrected chi connectivity index (χ3v) is 6.27. The number of rotatable bonds is 3. The van der Waals surface area contributed by atoms with Crippen LogP contribution in [0.3, 0.4) is 0 Å². The molecule has 1 aliphatic carbocycles. The van der Waals surface area contributed by atoms with Crippen molar-refractivity contribution in [3.8, 4) is 5.69 Å². The molecular weight excluding hydrogens is 362 g/mol. The molecule has 6 nitrogen and oxygen atoms in total. The number of piperazine rings is 1. The first kappa shape index (κ1) is 18.1. The van der Waals surface area contributed by atoms with Gasteiger partial charge in [-0.3, -0.25) is 14.3 Å². The smallest absolute Gasteiger partial charge is 0.256 e. The van der Waals surface area contributed by atoms with Gasteiger partial charge in [-0.15, -0.1) is 10.2 Å². The molecule has 6 heteroatoms. The standard InChI is InChI=1S/C23H25N5O/c29-23(21-7-3-4-8-22(21)28-16-24-25-17-28)27-13-11-26(12-14-27)20-10-9-18-5-1-2-6-19(18)15-20/h1-8,16-17,20H,9-15H2/t20-/m0/s1. The Hall–Kier alpha value is -2.99. The van der Waals surface area contributed by atoms with E-state index in [1.807, 2.05) is 29.2 Å². The predicted molar refractivity (Wildman–Crippen MR) is 111 cm³/mol. The molecule has 0 unspecified atom stereocenters. The van der Waals surface area contributed by atoms with Crippen LogP contribution in [0.2, 0.25) is 0 Å². The molecule has 148 valence electrons. The molecule has 1 amide bonds. The lowest BCUT2D eigenvalue weighted by atomic mass is 9.87. The maximum atomic E-state index is 13.2. The van der Waals surface area contributed by atoms with E-state index in [9.17, 15) is 4.79 Å². The van der Waals surface area contributed by atoms with E-state index in [0.717, 1.165) is 44.7 Å². The number of aryl methyl sites for hydroxylation is 1. The summed E-state index contributed by atoms with van der Waals surface area (Å²) in [6.07, 6.45) is 6.75. The SMILES string of the molecule is O=C(c1ccccc1-n1cnnc1)N1CCN([C@H]2CCc3ccccc3C2)CC1. The maximum absolute atomic E-state index is 13.2. The minimum absolute atomic E-state index is 0.0861. The number of carbonyl (C=O) groups is 1. The third kappa shape index (κ3) is 3.56. The van der Waals surface area contributed by atoms with Gasteiger partial charge >= 0.3 is 0 Å². The van der Waals surface area contributed by atoms with Crippen LogP contribution in [-0.4, -0.2) is 62.7 Å². The van der Waals surface area contributed by atoms with Crippen molar-refractivity contribution in [1.29, 1.82) is 0 Å². The van der Waals surface area contributed by atoms with Crippen LogP contribution in [0.15, 0.2) is 61.2 Å². The summed E-state index contributed by atoms with van der Waals surface area (Å²) in [6.45, 7) is 3.42. The molecule has 0 N–H and O–H groups in total. The molecule has 2 aliphatic rings. The Balaban J connectivity index is 1.26. The zero-order chi connectivity index (χ0) is 19.6. The first-order chi connectivity index (χ1) is 14.3. The molecule has 29 heavy (non-hydrogen) atoms. The fraction of sp³-hybridized carbons (Fsp3) is 0.348. The highest BCUT2D eigenvalue weighted by Gasteiger charge is 2.29.